The van der Waals surface area contributed by atoms with Crippen LogP contribution in [0.4, 0.5) is 0 Å². The van der Waals surface area contributed by atoms with Gasteiger partial charge in [0.1, 0.15) is 0 Å². The summed E-state index contributed by atoms with van der Waals surface area (Å²) in [5, 5.41) is 15.9. The van der Waals surface area contributed by atoms with Gasteiger partial charge in [0, 0.05) is 17.0 Å². The first-order valence-electron chi connectivity index (χ1n) is 6.82. The Bertz CT molecular complexity index is 347. The zero-order chi connectivity index (χ0) is 11.7. The van der Waals surface area contributed by atoms with Crippen LogP contribution in [-0.2, 0) is 0 Å². The molecule has 2 N–H and O–H groups in total. The largest absolute Gasteiger partial charge is 0.392 e. The van der Waals surface area contributed by atoms with Crippen molar-refractivity contribution in [2.24, 2.45) is 5.92 Å². The van der Waals surface area contributed by atoms with E-state index in [1.807, 2.05) is 11.3 Å². The van der Waals surface area contributed by atoms with Crippen molar-refractivity contribution in [2.45, 2.75) is 56.7 Å². The second kappa shape index (κ2) is 5.09. The molecule has 17 heavy (non-hydrogen) atoms. The smallest absolute Gasteiger partial charge is 0.0693 e. The van der Waals surface area contributed by atoms with E-state index in [2.05, 4.69) is 22.8 Å². The van der Waals surface area contributed by atoms with Crippen molar-refractivity contribution in [1.82, 2.24) is 5.32 Å². The van der Waals surface area contributed by atoms with Crippen LogP contribution < -0.4 is 5.32 Å². The van der Waals surface area contributed by atoms with E-state index < -0.39 is 0 Å². The molecule has 2 fully saturated rings. The van der Waals surface area contributed by atoms with E-state index in [-0.39, 0.29) is 6.10 Å². The molecular formula is C14H21NOS. The molecule has 1 aromatic rings. The van der Waals surface area contributed by atoms with Gasteiger partial charge in [-0.15, -0.1) is 11.3 Å². The first-order valence-corrected chi connectivity index (χ1v) is 7.70. The highest BCUT2D eigenvalue weighted by Gasteiger charge is 2.35. The summed E-state index contributed by atoms with van der Waals surface area (Å²) >= 11 is 1.85. The van der Waals surface area contributed by atoms with Crippen LogP contribution >= 0.6 is 11.3 Å². The summed E-state index contributed by atoms with van der Waals surface area (Å²) in [6.45, 7) is 0. The summed E-state index contributed by atoms with van der Waals surface area (Å²) in [7, 11) is 0. The fourth-order valence-electron chi connectivity index (χ4n) is 2.88. The molecular weight excluding hydrogens is 230 g/mol. The predicted octanol–water partition coefficient (Wildman–Crippen LogP) is 3.09. The van der Waals surface area contributed by atoms with E-state index >= 15 is 0 Å². The minimum atomic E-state index is -0.134. The topological polar surface area (TPSA) is 32.3 Å². The molecule has 2 saturated carbocycles. The van der Waals surface area contributed by atoms with Gasteiger partial charge < -0.3 is 10.4 Å². The molecule has 0 spiro atoms. The third kappa shape index (κ3) is 2.72. The van der Waals surface area contributed by atoms with E-state index in [0.29, 0.717) is 12.1 Å². The third-order valence-electron chi connectivity index (χ3n) is 4.07. The van der Waals surface area contributed by atoms with Crippen LogP contribution in [0.1, 0.15) is 49.4 Å². The Kier molecular flexibility index (Phi) is 3.50. The average Bonchev–Trinajstić information content (AvgIpc) is 3.03. The first kappa shape index (κ1) is 11.7. The van der Waals surface area contributed by atoms with E-state index in [1.165, 1.54) is 30.6 Å². The molecule has 2 aliphatic rings. The molecule has 2 nitrogen and oxygen atoms in total. The van der Waals surface area contributed by atoms with Gasteiger partial charge in [-0.3, -0.25) is 0 Å². The fourth-order valence-corrected chi connectivity index (χ4v) is 3.76. The van der Waals surface area contributed by atoms with Crippen molar-refractivity contribution in [3.8, 4) is 0 Å². The second-order valence-corrected chi connectivity index (χ2v) is 6.43. The summed E-state index contributed by atoms with van der Waals surface area (Å²) < 4.78 is 0. The summed E-state index contributed by atoms with van der Waals surface area (Å²) in [5.41, 5.74) is 0. The van der Waals surface area contributed by atoms with Crippen LogP contribution in [0, 0.1) is 5.92 Å². The lowest BCUT2D eigenvalue weighted by Gasteiger charge is -2.32. The van der Waals surface area contributed by atoms with E-state index in [9.17, 15) is 5.11 Å². The molecule has 0 amide bonds. The molecule has 0 bridgehead atoms. The lowest BCUT2D eigenvalue weighted by atomic mass is 9.91. The quantitative estimate of drug-likeness (QED) is 0.862. The highest BCUT2D eigenvalue weighted by atomic mass is 32.1. The average molecular weight is 251 g/mol. The lowest BCUT2D eigenvalue weighted by Crippen LogP contribution is -2.44. The van der Waals surface area contributed by atoms with E-state index in [4.69, 9.17) is 0 Å². The van der Waals surface area contributed by atoms with Crippen LogP contribution in [-0.4, -0.2) is 17.3 Å². The van der Waals surface area contributed by atoms with Crippen molar-refractivity contribution in [3.05, 3.63) is 22.4 Å². The Labute approximate surface area is 107 Å². The minimum Gasteiger partial charge on any atom is -0.392 e. The number of rotatable bonds is 4. The minimum absolute atomic E-state index is 0.134. The van der Waals surface area contributed by atoms with Crippen molar-refractivity contribution in [2.75, 3.05) is 0 Å². The Morgan fingerprint density at radius 1 is 1.24 bits per heavy atom. The molecule has 0 aliphatic heterocycles. The number of aliphatic hydroxyl groups excluding tert-OH is 1. The van der Waals surface area contributed by atoms with Gasteiger partial charge in [0.05, 0.1) is 6.10 Å². The summed E-state index contributed by atoms with van der Waals surface area (Å²) in [6, 6.07) is 5.17. The molecule has 3 atom stereocenters. The number of thiophene rings is 1. The van der Waals surface area contributed by atoms with Gasteiger partial charge in [0.2, 0.25) is 0 Å². The summed E-state index contributed by atoms with van der Waals surface area (Å²) in [6.07, 6.45) is 7.11. The molecule has 94 valence electrons. The molecule has 1 heterocycles. The van der Waals surface area contributed by atoms with E-state index in [1.54, 1.807) is 0 Å². The van der Waals surface area contributed by atoms with Crippen LogP contribution in [0.25, 0.3) is 0 Å². The fraction of sp³-hybridized carbons (Fsp3) is 0.714. The molecule has 0 saturated heterocycles. The maximum Gasteiger partial charge on any atom is 0.0693 e. The van der Waals surface area contributed by atoms with Gasteiger partial charge in [-0.2, -0.15) is 0 Å². The van der Waals surface area contributed by atoms with Crippen LogP contribution in [0.3, 0.4) is 0 Å². The van der Waals surface area contributed by atoms with Gasteiger partial charge in [-0.1, -0.05) is 18.9 Å². The van der Waals surface area contributed by atoms with Gasteiger partial charge in [0.25, 0.3) is 0 Å². The molecule has 2 aliphatic carbocycles. The zero-order valence-corrected chi connectivity index (χ0v) is 11.0. The standard InChI is InChI=1S/C14H21NOS/c16-12-5-2-1-4-11(12)15-14(10-7-8-10)13-6-3-9-17-13/h3,6,9-12,14-16H,1-2,4-5,7-8H2. The number of hydrogen-bond acceptors (Lipinski definition) is 3. The molecule has 3 rings (SSSR count). The molecule has 3 heteroatoms. The Balaban J connectivity index is 1.68. The Hall–Kier alpha value is -0.380. The van der Waals surface area contributed by atoms with Crippen molar-refractivity contribution in [1.29, 1.82) is 0 Å². The predicted molar refractivity (Wildman–Crippen MR) is 71.2 cm³/mol. The molecule has 3 unspecified atom stereocenters. The zero-order valence-electron chi connectivity index (χ0n) is 10.1. The highest BCUT2D eigenvalue weighted by Crippen LogP contribution is 2.43. The van der Waals surface area contributed by atoms with Gasteiger partial charge in [-0.05, 0) is 43.0 Å². The maximum atomic E-state index is 10.1. The van der Waals surface area contributed by atoms with Crippen LogP contribution in [0.2, 0.25) is 0 Å². The summed E-state index contributed by atoms with van der Waals surface area (Å²) in [5.74, 6) is 0.808. The van der Waals surface area contributed by atoms with E-state index in [0.717, 1.165) is 18.8 Å². The molecule has 0 radical (unpaired) electrons. The number of aliphatic hydroxyl groups is 1. The van der Waals surface area contributed by atoms with Crippen molar-refractivity contribution < 1.29 is 5.11 Å². The van der Waals surface area contributed by atoms with Crippen LogP contribution in [0.15, 0.2) is 17.5 Å². The van der Waals surface area contributed by atoms with Crippen molar-refractivity contribution in [3.63, 3.8) is 0 Å². The van der Waals surface area contributed by atoms with Gasteiger partial charge in [-0.25, -0.2) is 0 Å². The Morgan fingerprint density at radius 2 is 2.06 bits per heavy atom. The van der Waals surface area contributed by atoms with Gasteiger partial charge >= 0.3 is 0 Å². The molecule has 1 aromatic heterocycles. The monoisotopic (exact) mass is 251 g/mol. The molecule has 0 aromatic carbocycles. The third-order valence-corrected chi connectivity index (χ3v) is 5.02. The summed E-state index contributed by atoms with van der Waals surface area (Å²) in [4.78, 5) is 1.45. The van der Waals surface area contributed by atoms with Crippen molar-refractivity contribution >= 4 is 11.3 Å². The number of hydrogen-bond donors (Lipinski definition) is 2. The van der Waals surface area contributed by atoms with Crippen LogP contribution in [0.5, 0.6) is 0 Å². The SMILES string of the molecule is OC1CCCCC1NC(c1cccs1)C1CC1. The normalized spacial score (nSPS) is 31.4. The highest BCUT2D eigenvalue weighted by molar-refractivity contribution is 7.10. The second-order valence-electron chi connectivity index (χ2n) is 5.46. The lowest BCUT2D eigenvalue weighted by molar-refractivity contribution is 0.0833. The first-order chi connectivity index (χ1) is 8.34. The number of nitrogens with one attached hydrogen (secondary N) is 1. The maximum absolute atomic E-state index is 10.1. The Morgan fingerprint density at radius 3 is 2.71 bits per heavy atom. The van der Waals surface area contributed by atoms with Gasteiger partial charge in [0.15, 0.2) is 0 Å².